The minimum atomic E-state index is -0.157. The van der Waals surface area contributed by atoms with E-state index in [1.165, 1.54) is 12.8 Å². The highest BCUT2D eigenvalue weighted by atomic mass is 16.5. The third kappa shape index (κ3) is 3.09. The van der Waals surface area contributed by atoms with Crippen LogP contribution in [0.15, 0.2) is 18.2 Å². The number of rotatable bonds is 4. The van der Waals surface area contributed by atoms with Gasteiger partial charge in [-0.15, -0.1) is 0 Å². The van der Waals surface area contributed by atoms with Crippen molar-refractivity contribution in [1.29, 1.82) is 0 Å². The summed E-state index contributed by atoms with van der Waals surface area (Å²) < 4.78 is 5.96. The fraction of sp³-hybridized carbons (Fsp3) is 0.632. The number of hydrogen-bond acceptors (Lipinski definition) is 3. The summed E-state index contributed by atoms with van der Waals surface area (Å²) in [5.74, 6) is 1.11. The van der Waals surface area contributed by atoms with Crippen LogP contribution in [0.5, 0.6) is 5.75 Å². The Morgan fingerprint density at radius 1 is 1.17 bits per heavy atom. The van der Waals surface area contributed by atoms with Crippen LogP contribution in [0.2, 0.25) is 0 Å². The molecule has 3 aliphatic rings. The van der Waals surface area contributed by atoms with E-state index in [2.05, 4.69) is 0 Å². The predicted octanol–water partition coefficient (Wildman–Crippen LogP) is 2.84. The van der Waals surface area contributed by atoms with Crippen molar-refractivity contribution < 1.29 is 14.6 Å². The van der Waals surface area contributed by atoms with Gasteiger partial charge in [0, 0.05) is 25.3 Å². The Hall–Kier alpha value is -1.55. The normalized spacial score (nSPS) is 24.7. The molecule has 23 heavy (non-hydrogen) atoms. The Labute approximate surface area is 137 Å². The molecule has 2 fully saturated rings. The Bertz CT molecular complexity index is 588. The molecule has 1 aliphatic heterocycles. The third-order valence-electron chi connectivity index (χ3n) is 5.54. The molecule has 124 valence electrons. The smallest absolute Gasteiger partial charge is 0.230 e. The molecule has 1 aromatic rings. The molecule has 4 rings (SSSR count). The fourth-order valence-electron chi connectivity index (χ4n) is 3.93. The molecule has 1 amide bonds. The van der Waals surface area contributed by atoms with Gasteiger partial charge in [0.2, 0.25) is 5.91 Å². The van der Waals surface area contributed by atoms with Gasteiger partial charge in [0.1, 0.15) is 5.75 Å². The SMILES string of the molecule is O=C(C1CCc2cccc(O)c21)N1CCC(OCC2CC2)CC1. The number of carbonyl (C=O) groups excluding carboxylic acids is 1. The van der Waals surface area contributed by atoms with Gasteiger partial charge in [-0.3, -0.25) is 4.79 Å². The van der Waals surface area contributed by atoms with Crippen molar-refractivity contribution in [2.24, 2.45) is 5.92 Å². The molecule has 0 bridgehead atoms. The van der Waals surface area contributed by atoms with Gasteiger partial charge in [0.05, 0.1) is 12.0 Å². The monoisotopic (exact) mass is 315 g/mol. The van der Waals surface area contributed by atoms with Crippen molar-refractivity contribution in [3.8, 4) is 5.75 Å². The number of aryl methyl sites for hydroxylation is 1. The molecule has 1 saturated carbocycles. The first kappa shape index (κ1) is 15.0. The minimum absolute atomic E-state index is 0.157. The van der Waals surface area contributed by atoms with E-state index in [1.807, 2.05) is 17.0 Å². The first-order valence-electron chi connectivity index (χ1n) is 8.93. The number of aromatic hydroxyl groups is 1. The molecule has 1 heterocycles. The number of fused-ring (bicyclic) bond motifs is 1. The number of carbonyl (C=O) groups is 1. The summed E-state index contributed by atoms with van der Waals surface area (Å²) in [6.07, 6.45) is 6.57. The molecular weight excluding hydrogens is 290 g/mol. The van der Waals surface area contributed by atoms with E-state index in [4.69, 9.17) is 4.74 Å². The molecule has 1 atom stereocenters. The van der Waals surface area contributed by atoms with Crippen LogP contribution < -0.4 is 0 Å². The van der Waals surface area contributed by atoms with E-state index < -0.39 is 0 Å². The van der Waals surface area contributed by atoms with Crippen LogP contribution in [0.4, 0.5) is 0 Å². The zero-order valence-electron chi connectivity index (χ0n) is 13.5. The van der Waals surface area contributed by atoms with Gasteiger partial charge in [-0.05, 0) is 56.1 Å². The van der Waals surface area contributed by atoms with Crippen molar-refractivity contribution in [2.45, 2.75) is 50.5 Å². The maximum atomic E-state index is 12.9. The predicted molar refractivity (Wildman–Crippen MR) is 87.4 cm³/mol. The summed E-state index contributed by atoms with van der Waals surface area (Å²) >= 11 is 0. The molecule has 0 aromatic heterocycles. The maximum absolute atomic E-state index is 12.9. The van der Waals surface area contributed by atoms with Crippen molar-refractivity contribution in [3.63, 3.8) is 0 Å². The van der Waals surface area contributed by atoms with Crippen LogP contribution in [-0.4, -0.2) is 41.7 Å². The lowest BCUT2D eigenvalue weighted by Crippen LogP contribution is -2.42. The largest absolute Gasteiger partial charge is 0.508 e. The Kier molecular flexibility index (Phi) is 4.02. The quantitative estimate of drug-likeness (QED) is 0.929. The molecular formula is C19H25NO3. The number of nitrogens with zero attached hydrogens (tertiary/aromatic N) is 1. The highest BCUT2D eigenvalue weighted by molar-refractivity contribution is 5.86. The maximum Gasteiger partial charge on any atom is 0.230 e. The lowest BCUT2D eigenvalue weighted by atomic mass is 9.97. The van der Waals surface area contributed by atoms with Gasteiger partial charge in [-0.25, -0.2) is 0 Å². The number of amides is 1. The van der Waals surface area contributed by atoms with Crippen molar-refractivity contribution in [3.05, 3.63) is 29.3 Å². The van der Waals surface area contributed by atoms with Crippen LogP contribution in [-0.2, 0) is 16.0 Å². The van der Waals surface area contributed by atoms with E-state index in [0.717, 1.165) is 62.4 Å². The number of hydrogen-bond donors (Lipinski definition) is 1. The minimum Gasteiger partial charge on any atom is -0.508 e. The second kappa shape index (κ2) is 6.16. The molecule has 4 nitrogen and oxygen atoms in total. The van der Waals surface area contributed by atoms with Gasteiger partial charge >= 0.3 is 0 Å². The summed E-state index contributed by atoms with van der Waals surface area (Å²) in [7, 11) is 0. The number of piperidine rings is 1. The van der Waals surface area contributed by atoms with E-state index in [9.17, 15) is 9.90 Å². The van der Waals surface area contributed by atoms with Gasteiger partial charge in [-0.1, -0.05) is 12.1 Å². The number of benzene rings is 1. The summed E-state index contributed by atoms with van der Waals surface area (Å²) in [5.41, 5.74) is 2.00. The number of phenols is 1. The molecule has 0 radical (unpaired) electrons. The Balaban J connectivity index is 1.36. The van der Waals surface area contributed by atoms with Crippen LogP contribution in [0.1, 0.15) is 49.1 Å². The number of likely N-dealkylation sites (tertiary alicyclic amines) is 1. The summed E-state index contributed by atoms with van der Waals surface area (Å²) in [4.78, 5) is 14.8. The van der Waals surface area contributed by atoms with Gasteiger partial charge in [0.15, 0.2) is 0 Å². The highest BCUT2D eigenvalue weighted by Gasteiger charge is 2.35. The highest BCUT2D eigenvalue weighted by Crippen LogP contribution is 2.40. The molecule has 1 N–H and O–H groups in total. The van der Waals surface area contributed by atoms with Gasteiger partial charge in [-0.2, -0.15) is 0 Å². The number of phenolic OH excluding ortho intramolecular Hbond substituents is 1. The molecule has 1 aromatic carbocycles. The average Bonchev–Trinajstić information content (AvgIpc) is 3.30. The van der Waals surface area contributed by atoms with E-state index >= 15 is 0 Å². The number of ether oxygens (including phenoxy) is 1. The van der Waals surface area contributed by atoms with E-state index in [0.29, 0.717) is 6.10 Å². The second-order valence-corrected chi connectivity index (χ2v) is 7.24. The summed E-state index contributed by atoms with van der Waals surface area (Å²) in [6, 6.07) is 5.59. The van der Waals surface area contributed by atoms with E-state index in [1.54, 1.807) is 6.07 Å². The standard InChI is InChI=1S/C19H25NO3/c21-17-3-1-2-14-6-7-16(18(14)17)19(22)20-10-8-15(9-11-20)23-12-13-4-5-13/h1-3,13,15-16,21H,4-12H2. The summed E-state index contributed by atoms with van der Waals surface area (Å²) in [6.45, 7) is 2.48. The fourth-order valence-corrected chi connectivity index (χ4v) is 3.93. The van der Waals surface area contributed by atoms with Crippen LogP contribution >= 0.6 is 0 Å². The zero-order chi connectivity index (χ0) is 15.8. The van der Waals surface area contributed by atoms with Crippen molar-refractivity contribution in [2.75, 3.05) is 19.7 Å². The van der Waals surface area contributed by atoms with Crippen molar-refractivity contribution >= 4 is 5.91 Å². The average molecular weight is 315 g/mol. The summed E-state index contributed by atoms with van der Waals surface area (Å²) in [5, 5.41) is 10.1. The molecule has 1 saturated heterocycles. The first-order chi connectivity index (χ1) is 11.2. The second-order valence-electron chi connectivity index (χ2n) is 7.24. The lowest BCUT2D eigenvalue weighted by molar-refractivity contribution is -0.135. The first-order valence-corrected chi connectivity index (χ1v) is 8.93. The van der Waals surface area contributed by atoms with Crippen molar-refractivity contribution in [1.82, 2.24) is 4.90 Å². The Morgan fingerprint density at radius 3 is 2.70 bits per heavy atom. The van der Waals surface area contributed by atoms with Gasteiger partial charge in [0.25, 0.3) is 0 Å². The van der Waals surface area contributed by atoms with Gasteiger partial charge < -0.3 is 14.7 Å². The molecule has 2 aliphatic carbocycles. The van der Waals surface area contributed by atoms with Crippen LogP contribution in [0, 0.1) is 5.92 Å². The Morgan fingerprint density at radius 2 is 1.96 bits per heavy atom. The van der Waals surface area contributed by atoms with Crippen LogP contribution in [0.25, 0.3) is 0 Å². The zero-order valence-corrected chi connectivity index (χ0v) is 13.5. The molecule has 0 spiro atoms. The topological polar surface area (TPSA) is 49.8 Å². The van der Waals surface area contributed by atoms with Crippen LogP contribution in [0.3, 0.4) is 0 Å². The third-order valence-corrected chi connectivity index (χ3v) is 5.54. The lowest BCUT2D eigenvalue weighted by Gasteiger charge is -2.33. The van der Waals surface area contributed by atoms with E-state index in [-0.39, 0.29) is 17.6 Å². The molecule has 1 unspecified atom stereocenters. The molecule has 4 heteroatoms.